The van der Waals surface area contributed by atoms with Gasteiger partial charge in [-0.05, 0) is 56.2 Å². The lowest BCUT2D eigenvalue weighted by molar-refractivity contribution is -0.122. The summed E-state index contributed by atoms with van der Waals surface area (Å²) >= 11 is 3.36. The summed E-state index contributed by atoms with van der Waals surface area (Å²) in [5, 5.41) is 0. The van der Waals surface area contributed by atoms with Crippen molar-refractivity contribution in [3.8, 4) is 0 Å². The van der Waals surface area contributed by atoms with Crippen LogP contribution < -0.4 is 4.90 Å². The average molecular weight is 471 g/mol. The van der Waals surface area contributed by atoms with Crippen molar-refractivity contribution in [1.82, 2.24) is 4.90 Å². The fourth-order valence-electron chi connectivity index (χ4n) is 3.94. The van der Waals surface area contributed by atoms with Gasteiger partial charge in [-0.25, -0.2) is 4.90 Å². The lowest BCUT2D eigenvalue weighted by atomic mass is 10.1. The fraction of sp³-hybridized carbons (Fsp3) is 0.348. The Morgan fingerprint density at radius 1 is 1.13 bits per heavy atom. The van der Waals surface area contributed by atoms with Crippen molar-refractivity contribution in [3.05, 3.63) is 64.1 Å². The Labute approximate surface area is 183 Å². The van der Waals surface area contributed by atoms with E-state index in [1.165, 1.54) is 9.80 Å². The molecule has 2 aliphatic rings. The van der Waals surface area contributed by atoms with Gasteiger partial charge in [0.1, 0.15) is 6.04 Å². The zero-order chi connectivity index (χ0) is 21.3. The predicted octanol–water partition coefficient (Wildman–Crippen LogP) is 3.71. The van der Waals surface area contributed by atoms with Crippen LogP contribution in [0.4, 0.5) is 5.69 Å². The van der Waals surface area contributed by atoms with E-state index in [9.17, 15) is 14.4 Å². The Morgan fingerprint density at radius 3 is 2.47 bits per heavy atom. The third-order valence-corrected chi connectivity index (χ3v) is 6.10. The molecule has 156 valence electrons. The molecule has 0 bridgehead atoms. The summed E-state index contributed by atoms with van der Waals surface area (Å²) in [4.78, 5) is 42.1. The van der Waals surface area contributed by atoms with Crippen LogP contribution in [-0.2, 0) is 14.3 Å². The lowest BCUT2D eigenvalue weighted by Gasteiger charge is -2.30. The van der Waals surface area contributed by atoms with Crippen molar-refractivity contribution < 1.29 is 19.1 Å². The van der Waals surface area contributed by atoms with Crippen LogP contribution in [0.25, 0.3) is 0 Å². The number of carbonyl (C=O) groups excluding carboxylic acids is 3. The molecule has 3 amide bonds. The predicted molar refractivity (Wildman–Crippen MR) is 116 cm³/mol. The summed E-state index contributed by atoms with van der Waals surface area (Å²) < 4.78 is 6.58. The minimum atomic E-state index is -0.834. The van der Waals surface area contributed by atoms with Crippen LogP contribution in [0.2, 0.25) is 0 Å². The second kappa shape index (κ2) is 8.70. The number of imide groups is 1. The van der Waals surface area contributed by atoms with Gasteiger partial charge < -0.3 is 9.64 Å². The minimum Gasteiger partial charge on any atom is -0.376 e. The van der Waals surface area contributed by atoms with Gasteiger partial charge >= 0.3 is 0 Å². The van der Waals surface area contributed by atoms with E-state index < -0.39 is 6.04 Å². The highest BCUT2D eigenvalue weighted by Crippen LogP contribution is 2.29. The molecule has 6 nitrogen and oxygen atoms in total. The molecule has 2 aliphatic heterocycles. The number of rotatable bonds is 5. The van der Waals surface area contributed by atoms with Crippen molar-refractivity contribution >= 4 is 39.3 Å². The fourth-order valence-corrected chi connectivity index (χ4v) is 4.21. The number of aryl methyl sites for hydroxylation is 1. The summed E-state index contributed by atoms with van der Waals surface area (Å²) in [7, 11) is 0. The number of hydrogen-bond donors (Lipinski definition) is 0. The average Bonchev–Trinajstić information content (AvgIpc) is 3.35. The van der Waals surface area contributed by atoms with Gasteiger partial charge in [0.25, 0.3) is 11.8 Å². The molecular formula is C23H23BrN2O4. The summed E-state index contributed by atoms with van der Waals surface area (Å²) in [6.07, 6.45) is 1.62. The normalized spacial score (nSPS) is 21.3. The number of hydrogen-bond acceptors (Lipinski definition) is 4. The SMILES string of the molecule is Cc1ccc(C(=O)N(CC2CCCO2)C2CC(=O)N(c3ccc(Br)cc3)C2=O)cc1. The molecule has 0 aromatic heterocycles. The summed E-state index contributed by atoms with van der Waals surface area (Å²) in [6.45, 7) is 2.90. The molecule has 0 spiro atoms. The van der Waals surface area contributed by atoms with Crippen LogP contribution in [0.5, 0.6) is 0 Å². The van der Waals surface area contributed by atoms with Crippen LogP contribution in [0, 0.1) is 6.92 Å². The summed E-state index contributed by atoms with van der Waals surface area (Å²) in [5.74, 6) is -0.934. The molecule has 30 heavy (non-hydrogen) atoms. The Morgan fingerprint density at radius 2 is 1.83 bits per heavy atom. The largest absolute Gasteiger partial charge is 0.376 e. The third kappa shape index (κ3) is 4.18. The molecule has 2 atom stereocenters. The Bertz CT molecular complexity index is 952. The van der Waals surface area contributed by atoms with E-state index in [4.69, 9.17) is 4.74 Å². The van der Waals surface area contributed by atoms with Crippen LogP contribution in [0.1, 0.15) is 35.2 Å². The highest BCUT2D eigenvalue weighted by atomic mass is 79.9. The van der Waals surface area contributed by atoms with Crippen molar-refractivity contribution in [2.24, 2.45) is 0 Å². The van der Waals surface area contributed by atoms with E-state index in [-0.39, 0.29) is 30.2 Å². The van der Waals surface area contributed by atoms with E-state index in [2.05, 4.69) is 15.9 Å². The quantitative estimate of drug-likeness (QED) is 0.624. The highest BCUT2D eigenvalue weighted by molar-refractivity contribution is 9.10. The van der Waals surface area contributed by atoms with Gasteiger partial charge in [0, 0.05) is 23.2 Å². The first kappa shape index (κ1) is 20.8. The highest BCUT2D eigenvalue weighted by Gasteiger charge is 2.45. The first-order chi connectivity index (χ1) is 14.4. The molecule has 2 saturated heterocycles. The second-order valence-corrected chi connectivity index (χ2v) is 8.64. The number of anilines is 1. The third-order valence-electron chi connectivity index (χ3n) is 5.57. The van der Waals surface area contributed by atoms with E-state index in [1.54, 1.807) is 36.4 Å². The van der Waals surface area contributed by atoms with E-state index in [0.29, 0.717) is 24.4 Å². The number of carbonyl (C=O) groups is 3. The van der Waals surface area contributed by atoms with Crippen LogP contribution in [0.3, 0.4) is 0 Å². The molecule has 0 saturated carbocycles. The minimum absolute atomic E-state index is 0.0286. The molecule has 2 heterocycles. The van der Waals surface area contributed by atoms with Gasteiger partial charge in [-0.15, -0.1) is 0 Å². The Hall–Kier alpha value is -2.51. The number of benzene rings is 2. The molecule has 7 heteroatoms. The maximum absolute atomic E-state index is 13.4. The molecule has 2 fully saturated rings. The van der Waals surface area contributed by atoms with Crippen LogP contribution >= 0.6 is 15.9 Å². The smallest absolute Gasteiger partial charge is 0.257 e. The monoisotopic (exact) mass is 470 g/mol. The molecular weight excluding hydrogens is 448 g/mol. The number of halogens is 1. The van der Waals surface area contributed by atoms with Gasteiger partial charge in [0.15, 0.2) is 0 Å². The zero-order valence-electron chi connectivity index (χ0n) is 16.7. The molecule has 0 aliphatic carbocycles. The van der Waals surface area contributed by atoms with E-state index in [0.717, 1.165) is 22.9 Å². The Balaban J connectivity index is 1.63. The summed E-state index contributed by atoms with van der Waals surface area (Å²) in [5.41, 5.74) is 2.06. The van der Waals surface area contributed by atoms with Gasteiger partial charge in [0.2, 0.25) is 5.91 Å². The molecule has 2 aromatic rings. The van der Waals surface area contributed by atoms with Gasteiger partial charge in [-0.2, -0.15) is 0 Å². The van der Waals surface area contributed by atoms with Crippen LogP contribution in [-0.4, -0.2) is 47.9 Å². The maximum Gasteiger partial charge on any atom is 0.257 e. The van der Waals surface area contributed by atoms with E-state index in [1.807, 2.05) is 19.1 Å². The summed E-state index contributed by atoms with van der Waals surface area (Å²) in [6, 6.07) is 13.4. The maximum atomic E-state index is 13.4. The van der Waals surface area contributed by atoms with Crippen molar-refractivity contribution in [3.63, 3.8) is 0 Å². The van der Waals surface area contributed by atoms with Crippen LogP contribution in [0.15, 0.2) is 53.0 Å². The first-order valence-electron chi connectivity index (χ1n) is 10.1. The molecule has 2 aromatic carbocycles. The Kier molecular flexibility index (Phi) is 6.01. The van der Waals surface area contributed by atoms with Crippen molar-refractivity contribution in [2.45, 2.75) is 38.3 Å². The topological polar surface area (TPSA) is 66.9 Å². The van der Waals surface area contributed by atoms with Crippen molar-refractivity contribution in [1.29, 1.82) is 0 Å². The first-order valence-corrected chi connectivity index (χ1v) is 10.8. The van der Waals surface area contributed by atoms with Gasteiger partial charge in [-0.3, -0.25) is 14.4 Å². The van der Waals surface area contributed by atoms with E-state index >= 15 is 0 Å². The van der Waals surface area contributed by atoms with Gasteiger partial charge in [0.05, 0.1) is 18.2 Å². The number of ether oxygens (including phenoxy) is 1. The zero-order valence-corrected chi connectivity index (χ0v) is 18.3. The standard InChI is InChI=1S/C23H23BrN2O4/c1-15-4-6-16(7-5-15)22(28)25(14-19-3-2-12-30-19)20-13-21(27)26(23(20)29)18-10-8-17(24)9-11-18/h4-11,19-20H,2-3,12-14H2,1H3. The number of nitrogens with zero attached hydrogens (tertiary/aromatic N) is 2. The second-order valence-electron chi connectivity index (χ2n) is 7.72. The van der Waals surface area contributed by atoms with Crippen molar-refractivity contribution in [2.75, 3.05) is 18.1 Å². The molecule has 0 radical (unpaired) electrons. The molecule has 0 N–H and O–H groups in total. The number of amides is 3. The lowest BCUT2D eigenvalue weighted by Crippen LogP contribution is -2.48. The molecule has 2 unspecified atom stereocenters. The molecule has 4 rings (SSSR count). The van der Waals surface area contributed by atoms with Gasteiger partial charge in [-0.1, -0.05) is 33.6 Å².